The van der Waals surface area contributed by atoms with Gasteiger partial charge in [0.2, 0.25) is 5.91 Å². The van der Waals surface area contributed by atoms with Crippen LogP contribution in [0, 0.1) is 11.3 Å². The van der Waals surface area contributed by atoms with E-state index in [2.05, 4.69) is 26.1 Å². The molecule has 0 saturated heterocycles. The Morgan fingerprint density at radius 1 is 1.31 bits per heavy atom. The summed E-state index contributed by atoms with van der Waals surface area (Å²) in [5, 5.41) is 2.62. The van der Waals surface area contributed by atoms with Gasteiger partial charge in [-0.15, -0.1) is 0 Å². The second kappa shape index (κ2) is 5.66. The Bertz CT molecular complexity index is 328. The maximum atomic E-state index is 11.5. The molecule has 1 N–H and O–H groups in total. The van der Waals surface area contributed by atoms with E-state index in [1.807, 2.05) is 6.92 Å². The molecule has 4 nitrogen and oxygen atoms in total. The van der Waals surface area contributed by atoms with E-state index in [4.69, 9.17) is 0 Å². The van der Waals surface area contributed by atoms with Crippen molar-refractivity contribution in [3.63, 3.8) is 0 Å². The lowest BCUT2D eigenvalue weighted by Gasteiger charge is -2.26. The molecular weight excluding hydrogens is 226 g/mol. The number of carbonyl (C=O) groups is 1. The van der Waals surface area contributed by atoms with Gasteiger partial charge in [0.05, 0.1) is 5.75 Å². The molecule has 0 rings (SSSR count). The van der Waals surface area contributed by atoms with Gasteiger partial charge in [0, 0.05) is 19.2 Å². The van der Waals surface area contributed by atoms with Crippen molar-refractivity contribution in [2.45, 2.75) is 34.1 Å². The first kappa shape index (κ1) is 15.4. The van der Waals surface area contributed by atoms with Gasteiger partial charge in [-0.25, -0.2) is 8.42 Å². The molecule has 1 amide bonds. The van der Waals surface area contributed by atoms with Crippen molar-refractivity contribution in [3.8, 4) is 0 Å². The molecular formula is C11H23NO3S. The number of carbonyl (C=O) groups excluding carboxylic acids is 1. The number of hydrogen-bond donors (Lipinski definition) is 1. The first-order valence-electron chi connectivity index (χ1n) is 5.47. The first-order valence-corrected chi connectivity index (χ1v) is 7.53. The second-order valence-corrected chi connectivity index (χ2v) is 7.71. The fourth-order valence-corrected chi connectivity index (χ4v) is 1.51. The van der Waals surface area contributed by atoms with Gasteiger partial charge in [0.15, 0.2) is 0 Å². The predicted molar refractivity (Wildman–Crippen MR) is 66.0 cm³/mol. The molecule has 0 aliphatic carbocycles. The maximum Gasteiger partial charge on any atom is 0.220 e. The van der Waals surface area contributed by atoms with E-state index in [-0.39, 0.29) is 29.5 Å². The van der Waals surface area contributed by atoms with E-state index < -0.39 is 9.84 Å². The molecule has 0 aliphatic heterocycles. The van der Waals surface area contributed by atoms with Crippen LogP contribution in [0.5, 0.6) is 0 Å². The zero-order valence-electron chi connectivity index (χ0n) is 10.8. The van der Waals surface area contributed by atoms with Crippen LogP contribution in [0.15, 0.2) is 0 Å². The molecule has 0 fully saturated rings. The van der Waals surface area contributed by atoms with E-state index in [0.29, 0.717) is 6.42 Å². The molecule has 0 aromatic rings. The minimum absolute atomic E-state index is 0.00262. The van der Waals surface area contributed by atoms with Crippen LogP contribution in [-0.4, -0.2) is 32.9 Å². The summed E-state index contributed by atoms with van der Waals surface area (Å²) in [4.78, 5) is 11.5. The van der Waals surface area contributed by atoms with E-state index >= 15 is 0 Å². The molecule has 1 atom stereocenters. The quantitative estimate of drug-likeness (QED) is 0.797. The number of hydrogen-bond acceptors (Lipinski definition) is 3. The average molecular weight is 249 g/mol. The highest BCUT2D eigenvalue weighted by molar-refractivity contribution is 7.90. The summed E-state index contributed by atoms with van der Waals surface area (Å²) in [5.74, 6) is 0.194. The van der Waals surface area contributed by atoms with Crippen LogP contribution in [0.25, 0.3) is 0 Å². The molecule has 0 heterocycles. The van der Waals surface area contributed by atoms with Crippen LogP contribution < -0.4 is 5.32 Å². The topological polar surface area (TPSA) is 63.2 Å². The molecule has 0 bridgehead atoms. The summed E-state index contributed by atoms with van der Waals surface area (Å²) >= 11 is 0. The summed E-state index contributed by atoms with van der Waals surface area (Å²) < 4.78 is 21.7. The lowest BCUT2D eigenvalue weighted by Crippen LogP contribution is -2.32. The van der Waals surface area contributed by atoms with E-state index in [1.54, 1.807) is 0 Å². The Balaban J connectivity index is 3.93. The normalized spacial score (nSPS) is 14.6. The minimum atomic E-state index is -2.99. The maximum absolute atomic E-state index is 11.5. The van der Waals surface area contributed by atoms with Gasteiger partial charge in [-0.05, 0) is 11.3 Å². The van der Waals surface area contributed by atoms with Crippen molar-refractivity contribution >= 4 is 15.7 Å². The van der Waals surface area contributed by atoms with Crippen molar-refractivity contribution in [1.29, 1.82) is 0 Å². The van der Waals surface area contributed by atoms with Gasteiger partial charge < -0.3 is 5.32 Å². The molecule has 16 heavy (non-hydrogen) atoms. The second-order valence-electron chi connectivity index (χ2n) is 5.45. The fraction of sp³-hybridized carbons (Fsp3) is 0.909. The molecule has 0 saturated carbocycles. The average Bonchev–Trinajstić information content (AvgIpc) is 1.99. The van der Waals surface area contributed by atoms with Gasteiger partial charge in [-0.1, -0.05) is 27.7 Å². The van der Waals surface area contributed by atoms with Gasteiger partial charge in [-0.2, -0.15) is 0 Å². The Morgan fingerprint density at radius 2 is 1.81 bits per heavy atom. The number of nitrogens with one attached hydrogen (secondary N) is 1. The Hall–Kier alpha value is -0.580. The molecule has 0 radical (unpaired) electrons. The van der Waals surface area contributed by atoms with Crippen molar-refractivity contribution in [1.82, 2.24) is 5.32 Å². The molecule has 96 valence electrons. The van der Waals surface area contributed by atoms with Gasteiger partial charge in [0.1, 0.15) is 9.84 Å². The summed E-state index contributed by atoms with van der Waals surface area (Å²) in [5.41, 5.74) is 0.0914. The third kappa shape index (κ3) is 7.68. The van der Waals surface area contributed by atoms with Crippen LogP contribution in [-0.2, 0) is 14.6 Å². The first-order chi connectivity index (χ1) is 7.02. The van der Waals surface area contributed by atoms with Crippen molar-refractivity contribution in [2.24, 2.45) is 11.3 Å². The van der Waals surface area contributed by atoms with Crippen LogP contribution in [0.2, 0.25) is 0 Å². The fourth-order valence-electron chi connectivity index (χ4n) is 1.03. The molecule has 0 spiro atoms. The van der Waals surface area contributed by atoms with Gasteiger partial charge >= 0.3 is 0 Å². The third-order valence-electron chi connectivity index (χ3n) is 2.77. The summed E-state index contributed by atoms with van der Waals surface area (Å²) in [6.45, 7) is 8.48. The zero-order valence-corrected chi connectivity index (χ0v) is 11.6. The van der Waals surface area contributed by atoms with Crippen LogP contribution in [0.1, 0.15) is 34.1 Å². The third-order valence-corrected chi connectivity index (χ3v) is 3.71. The number of sulfone groups is 1. The molecule has 5 heteroatoms. The summed E-state index contributed by atoms with van der Waals surface area (Å²) in [6, 6.07) is 0. The van der Waals surface area contributed by atoms with Crippen LogP contribution in [0.3, 0.4) is 0 Å². The summed E-state index contributed by atoms with van der Waals surface area (Å²) in [6.07, 6.45) is 1.60. The standard InChI is InChI=1S/C11H23NO3S/c1-9(11(2,3)4)8-10(13)12-6-7-16(5,14)15/h9H,6-8H2,1-5H3,(H,12,13)/t9-/m1/s1. The zero-order chi connectivity index (χ0) is 13.0. The van der Waals surface area contributed by atoms with Crippen LogP contribution >= 0.6 is 0 Å². The van der Waals surface area contributed by atoms with Crippen molar-refractivity contribution in [2.75, 3.05) is 18.6 Å². The molecule has 0 unspecified atom stereocenters. The lowest BCUT2D eigenvalue weighted by atomic mass is 9.80. The molecule has 0 aromatic carbocycles. The largest absolute Gasteiger partial charge is 0.355 e. The minimum Gasteiger partial charge on any atom is -0.355 e. The monoisotopic (exact) mass is 249 g/mol. The summed E-state index contributed by atoms with van der Waals surface area (Å²) in [7, 11) is -2.99. The van der Waals surface area contributed by atoms with E-state index in [9.17, 15) is 13.2 Å². The Kier molecular flexibility index (Phi) is 5.46. The Morgan fingerprint density at radius 3 is 2.19 bits per heavy atom. The highest BCUT2D eigenvalue weighted by Gasteiger charge is 2.22. The van der Waals surface area contributed by atoms with Crippen LogP contribution in [0.4, 0.5) is 0 Å². The van der Waals surface area contributed by atoms with E-state index in [1.165, 1.54) is 0 Å². The van der Waals surface area contributed by atoms with E-state index in [0.717, 1.165) is 6.26 Å². The van der Waals surface area contributed by atoms with Crippen molar-refractivity contribution in [3.05, 3.63) is 0 Å². The lowest BCUT2D eigenvalue weighted by molar-refractivity contribution is -0.122. The predicted octanol–water partition coefficient (Wildman–Crippen LogP) is 1.22. The number of rotatable bonds is 5. The van der Waals surface area contributed by atoms with Gasteiger partial charge in [-0.3, -0.25) is 4.79 Å². The smallest absolute Gasteiger partial charge is 0.220 e. The van der Waals surface area contributed by atoms with Gasteiger partial charge in [0.25, 0.3) is 0 Å². The van der Waals surface area contributed by atoms with Crippen molar-refractivity contribution < 1.29 is 13.2 Å². The molecule has 0 aromatic heterocycles. The highest BCUT2D eigenvalue weighted by Crippen LogP contribution is 2.27. The highest BCUT2D eigenvalue weighted by atomic mass is 32.2. The Labute approximate surface area is 98.7 Å². The molecule has 0 aliphatic rings. The SMILES string of the molecule is C[C@H](CC(=O)NCCS(C)(=O)=O)C(C)(C)C. The number of amides is 1.